The molecule has 0 aliphatic carbocycles. The number of hydrogen-bond donors (Lipinski definition) is 2. The number of carbonyl (C=O) groups excluding carboxylic acids is 1. The van der Waals surface area contributed by atoms with Crippen LogP contribution in [0.4, 0.5) is 0 Å². The van der Waals surface area contributed by atoms with E-state index in [2.05, 4.69) is 5.16 Å². The largest absolute Gasteiger partial charge is 0.409 e. The van der Waals surface area contributed by atoms with Gasteiger partial charge in [0.15, 0.2) is 5.84 Å². The van der Waals surface area contributed by atoms with Crippen molar-refractivity contribution >= 4 is 11.7 Å². The molecule has 0 radical (unpaired) electrons. The second-order valence-corrected chi connectivity index (χ2v) is 4.66. The molecule has 6 nitrogen and oxygen atoms in total. The number of rotatable bonds is 4. The second-order valence-electron chi connectivity index (χ2n) is 4.66. The van der Waals surface area contributed by atoms with Crippen LogP contribution in [0.5, 0.6) is 0 Å². The summed E-state index contributed by atoms with van der Waals surface area (Å²) in [6.07, 6.45) is 1.37. The van der Waals surface area contributed by atoms with Crippen molar-refractivity contribution in [1.29, 1.82) is 0 Å². The summed E-state index contributed by atoms with van der Waals surface area (Å²) in [5, 5.41) is 11.4. The Morgan fingerprint density at radius 1 is 1.59 bits per heavy atom. The van der Waals surface area contributed by atoms with E-state index >= 15 is 0 Å². The van der Waals surface area contributed by atoms with Gasteiger partial charge in [0.2, 0.25) is 0 Å². The van der Waals surface area contributed by atoms with Crippen LogP contribution in [0.3, 0.4) is 0 Å². The number of nitrogens with zero attached hydrogens (tertiary/aromatic N) is 2. The lowest BCUT2D eigenvalue weighted by atomic mass is 10.1. The van der Waals surface area contributed by atoms with E-state index in [-0.39, 0.29) is 36.5 Å². The van der Waals surface area contributed by atoms with Crippen LogP contribution in [-0.2, 0) is 9.53 Å². The van der Waals surface area contributed by atoms with Crippen molar-refractivity contribution in [3.8, 4) is 0 Å². The van der Waals surface area contributed by atoms with E-state index in [1.807, 2.05) is 20.8 Å². The molecule has 6 heteroatoms. The van der Waals surface area contributed by atoms with Gasteiger partial charge >= 0.3 is 0 Å². The number of amides is 1. The van der Waals surface area contributed by atoms with E-state index < -0.39 is 0 Å². The van der Waals surface area contributed by atoms with Crippen molar-refractivity contribution in [3.63, 3.8) is 0 Å². The monoisotopic (exact) mass is 243 g/mol. The normalized spacial score (nSPS) is 25.3. The van der Waals surface area contributed by atoms with E-state index in [1.165, 1.54) is 0 Å². The number of ether oxygens (including phenoxy) is 1. The van der Waals surface area contributed by atoms with Gasteiger partial charge in [-0.25, -0.2) is 0 Å². The molecule has 17 heavy (non-hydrogen) atoms. The van der Waals surface area contributed by atoms with Gasteiger partial charge in [-0.1, -0.05) is 5.16 Å². The summed E-state index contributed by atoms with van der Waals surface area (Å²) in [5.41, 5.74) is 5.44. The smallest absolute Gasteiger partial charge is 0.252 e. The van der Waals surface area contributed by atoms with Crippen molar-refractivity contribution < 1.29 is 14.7 Å². The summed E-state index contributed by atoms with van der Waals surface area (Å²) in [7, 11) is 0. The fraction of sp³-hybridized carbons (Fsp3) is 0.818. The lowest BCUT2D eigenvalue weighted by molar-refractivity contribution is -0.143. The molecule has 1 amide bonds. The summed E-state index contributed by atoms with van der Waals surface area (Å²) in [5.74, 6) is -0.0611. The molecule has 98 valence electrons. The van der Waals surface area contributed by atoms with Crippen LogP contribution in [-0.4, -0.2) is 46.6 Å². The lowest BCUT2D eigenvalue weighted by Crippen LogP contribution is -2.47. The maximum atomic E-state index is 12.2. The minimum absolute atomic E-state index is 0.0118. The fourth-order valence-corrected chi connectivity index (χ4v) is 1.89. The van der Waals surface area contributed by atoms with Crippen LogP contribution in [0.1, 0.15) is 33.6 Å². The summed E-state index contributed by atoms with van der Waals surface area (Å²) in [6, 6.07) is -0.0118. The van der Waals surface area contributed by atoms with E-state index in [4.69, 9.17) is 15.7 Å². The predicted molar refractivity (Wildman–Crippen MR) is 63.8 cm³/mol. The molecule has 0 aromatic heterocycles. The van der Waals surface area contributed by atoms with Crippen molar-refractivity contribution in [2.45, 2.75) is 51.9 Å². The van der Waals surface area contributed by atoms with Crippen LogP contribution < -0.4 is 5.73 Å². The molecular weight excluding hydrogens is 222 g/mol. The first kappa shape index (κ1) is 13.8. The van der Waals surface area contributed by atoms with Gasteiger partial charge in [0.1, 0.15) is 6.10 Å². The average Bonchev–Trinajstić information content (AvgIpc) is 2.71. The van der Waals surface area contributed by atoms with Gasteiger partial charge in [-0.05, 0) is 33.6 Å². The molecule has 1 rings (SSSR count). The van der Waals surface area contributed by atoms with E-state index in [1.54, 1.807) is 4.90 Å². The minimum atomic E-state index is -0.390. The molecule has 1 heterocycles. The molecule has 0 bridgehead atoms. The van der Waals surface area contributed by atoms with Gasteiger partial charge in [0, 0.05) is 6.04 Å². The molecule has 1 aliphatic rings. The molecule has 0 aromatic carbocycles. The number of carbonyl (C=O) groups is 1. The topological polar surface area (TPSA) is 88.2 Å². The highest BCUT2D eigenvalue weighted by Gasteiger charge is 2.32. The highest BCUT2D eigenvalue weighted by molar-refractivity contribution is 5.88. The Morgan fingerprint density at radius 2 is 2.24 bits per heavy atom. The standard InChI is InChI=1S/C11H21N3O3/c1-7(2)14(6-10(12)13-16)11(15)9-5-4-8(3)17-9/h7-9,16H,4-6H2,1-3H3,(H2,12,13). The van der Waals surface area contributed by atoms with Crippen molar-refractivity contribution in [2.75, 3.05) is 6.54 Å². The predicted octanol–water partition coefficient (Wildman–Crippen LogP) is 0.537. The third kappa shape index (κ3) is 3.59. The van der Waals surface area contributed by atoms with Crippen LogP contribution in [0, 0.1) is 0 Å². The number of amidine groups is 1. The zero-order chi connectivity index (χ0) is 13.0. The molecule has 1 aliphatic heterocycles. The van der Waals surface area contributed by atoms with Gasteiger partial charge < -0.3 is 20.6 Å². The highest BCUT2D eigenvalue weighted by atomic mass is 16.5. The first-order valence-electron chi connectivity index (χ1n) is 5.88. The SMILES string of the molecule is CC1CCC(C(=O)N(CC(N)=NO)C(C)C)O1. The van der Waals surface area contributed by atoms with Crippen molar-refractivity contribution in [1.82, 2.24) is 4.90 Å². The maximum absolute atomic E-state index is 12.2. The van der Waals surface area contributed by atoms with E-state index in [0.717, 1.165) is 12.8 Å². The first-order valence-corrected chi connectivity index (χ1v) is 5.88. The summed E-state index contributed by atoms with van der Waals surface area (Å²) >= 11 is 0. The molecular formula is C11H21N3O3. The van der Waals surface area contributed by atoms with Crippen molar-refractivity contribution in [3.05, 3.63) is 0 Å². The Balaban J connectivity index is 2.67. The van der Waals surface area contributed by atoms with Crippen LogP contribution in [0.15, 0.2) is 5.16 Å². The number of nitrogens with two attached hydrogens (primary N) is 1. The third-order valence-electron chi connectivity index (χ3n) is 2.87. The average molecular weight is 243 g/mol. The van der Waals surface area contributed by atoms with Crippen molar-refractivity contribution in [2.24, 2.45) is 10.9 Å². The maximum Gasteiger partial charge on any atom is 0.252 e. The first-order chi connectivity index (χ1) is 7.95. The Bertz CT molecular complexity index is 304. The lowest BCUT2D eigenvalue weighted by Gasteiger charge is -2.28. The zero-order valence-electron chi connectivity index (χ0n) is 10.6. The molecule has 1 fully saturated rings. The second kappa shape index (κ2) is 5.86. The molecule has 2 unspecified atom stereocenters. The summed E-state index contributed by atoms with van der Waals surface area (Å²) in [4.78, 5) is 13.8. The Hall–Kier alpha value is -1.30. The Labute approximate surface area is 101 Å². The van der Waals surface area contributed by atoms with Crippen LogP contribution in [0.25, 0.3) is 0 Å². The quantitative estimate of drug-likeness (QED) is 0.326. The summed E-state index contributed by atoms with van der Waals surface area (Å²) in [6.45, 7) is 5.86. The summed E-state index contributed by atoms with van der Waals surface area (Å²) < 4.78 is 5.54. The Kier molecular flexibility index (Phi) is 4.74. The van der Waals surface area contributed by atoms with Gasteiger partial charge in [-0.15, -0.1) is 0 Å². The van der Waals surface area contributed by atoms with Gasteiger partial charge in [0.05, 0.1) is 12.6 Å². The fourth-order valence-electron chi connectivity index (χ4n) is 1.89. The Morgan fingerprint density at radius 3 is 2.65 bits per heavy atom. The van der Waals surface area contributed by atoms with Gasteiger partial charge in [-0.2, -0.15) is 0 Å². The number of hydrogen-bond acceptors (Lipinski definition) is 4. The van der Waals surface area contributed by atoms with Crippen LogP contribution >= 0.6 is 0 Å². The van der Waals surface area contributed by atoms with Gasteiger partial charge in [0.25, 0.3) is 5.91 Å². The molecule has 0 saturated carbocycles. The molecule has 2 atom stereocenters. The van der Waals surface area contributed by atoms with E-state index in [9.17, 15) is 4.79 Å². The molecule has 1 saturated heterocycles. The molecule has 3 N–H and O–H groups in total. The van der Waals surface area contributed by atoms with E-state index in [0.29, 0.717) is 0 Å². The van der Waals surface area contributed by atoms with Gasteiger partial charge in [-0.3, -0.25) is 4.79 Å². The molecule has 0 aromatic rings. The molecule has 0 spiro atoms. The minimum Gasteiger partial charge on any atom is -0.409 e. The highest BCUT2D eigenvalue weighted by Crippen LogP contribution is 2.21. The number of oxime groups is 1. The third-order valence-corrected chi connectivity index (χ3v) is 2.87. The zero-order valence-corrected chi connectivity index (χ0v) is 10.6. The van der Waals surface area contributed by atoms with Crippen LogP contribution in [0.2, 0.25) is 0 Å².